The second kappa shape index (κ2) is 5.88. The molecule has 1 amide bonds. The van der Waals surface area contributed by atoms with E-state index in [1.54, 1.807) is 6.33 Å². The van der Waals surface area contributed by atoms with E-state index in [4.69, 9.17) is 0 Å². The molecule has 0 atom stereocenters. The van der Waals surface area contributed by atoms with E-state index in [1.165, 1.54) is 11.3 Å². The molecule has 0 saturated heterocycles. The highest BCUT2D eigenvalue weighted by Gasteiger charge is 2.11. The molecule has 3 rings (SSSR count). The zero-order valence-electron chi connectivity index (χ0n) is 11.5. The van der Waals surface area contributed by atoms with Crippen LogP contribution in [0.25, 0.3) is 5.69 Å². The molecule has 0 aliphatic heterocycles. The number of amides is 1. The molecule has 3 aromatic rings. The zero-order chi connectivity index (χ0) is 14.7. The predicted molar refractivity (Wildman–Crippen MR) is 81.6 cm³/mol. The molecule has 0 spiro atoms. The number of aromatic nitrogens is 3. The van der Waals surface area contributed by atoms with Crippen LogP contribution < -0.4 is 5.32 Å². The van der Waals surface area contributed by atoms with E-state index in [0.717, 1.165) is 10.6 Å². The Kier molecular flexibility index (Phi) is 3.79. The first kappa shape index (κ1) is 13.5. The summed E-state index contributed by atoms with van der Waals surface area (Å²) in [5.41, 5.74) is 0.971. The zero-order valence-corrected chi connectivity index (χ0v) is 12.3. The molecule has 106 valence electrons. The number of hydrogen-bond donors (Lipinski definition) is 1. The van der Waals surface area contributed by atoms with Gasteiger partial charge in [0.25, 0.3) is 5.91 Å². The fourth-order valence-corrected chi connectivity index (χ4v) is 2.77. The van der Waals surface area contributed by atoms with Gasteiger partial charge in [0.1, 0.15) is 6.33 Å². The van der Waals surface area contributed by atoms with Gasteiger partial charge in [-0.15, -0.1) is 21.5 Å². The lowest BCUT2D eigenvalue weighted by Crippen LogP contribution is -2.23. The van der Waals surface area contributed by atoms with E-state index in [0.29, 0.717) is 17.2 Å². The first-order valence-corrected chi connectivity index (χ1v) is 7.34. The number of nitrogens with zero attached hydrogens (tertiary/aromatic N) is 3. The summed E-state index contributed by atoms with van der Waals surface area (Å²) in [5.74, 6) is 0.610. The maximum atomic E-state index is 12.0. The van der Waals surface area contributed by atoms with E-state index in [-0.39, 0.29) is 5.91 Å². The minimum Gasteiger partial charge on any atom is -0.344 e. The minimum atomic E-state index is -0.0873. The van der Waals surface area contributed by atoms with Crippen LogP contribution in [0, 0.1) is 6.92 Å². The summed E-state index contributed by atoms with van der Waals surface area (Å²) >= 11 is 1.48. The van der Waals surface area contributed by atoms with Crippen LogP contribution in [0.1, 0.15) is 20.4 Å². The Bertz CT molecular complexity index is 748. The highest BCUT2D eigenvalue weighted by molar-refractivity contribution is 7.13. The van der Waals surface area contributed by atoms with Crippen molar-refractivity contribution in [1.29, 1.82) is 0 Å². The second-order valence-corrected chi connectivity index (χ2v) is 5.83. The van der Waals surface area contributed by atoms with Crippen molar-refractivity contribution < 1.29 is 4.79 Å². The number of carbonyl (C=O) groups is 1. The molecule has 0 bridgehead atoms. The van der Waals surface area contributed by atoms with Crippen LogP contribution in [0.15, 0.2) is 48.8 Å². The van der Waals surface area contributed by atoms with Gasteiger partial charge in [-0.25, -0.2) is 0 Å². The molecule has 0 aliphatic rings. The summed E-state index contributed by atoms with van der Waals surface area (Å²) in [6, 6.07) is 13.6. The Morgan fingerprint density at radius 2 is 2.05 bits per heavy atom. The van der Waals surface area contributed by atoms with Crippen LogP contribution in [0.3, 0.4) is 0 Å². The van der Waals surface area contributed by atoms with Gasteiger partial charge in [0.15, 0.2) is 5.82 Å². The number of thiophene rings is 1. The molecule has 0 saturated carbocycles. The topological polar surface area (TPSA) is 59.8 Å². The summed E-state index contributed by atoms with van der Waals surface area (Å²) in [7, 11) is 0. The van der Waals surface area contributed by atoms with Gasteiger partial charge in [0.05, 0.1) is 11.4 Å². The van der Waals surface area contributed by atoms with Gasteiger partial charge in [-0.1, -0.05) is 18.2 Å². The number of hydrogen-bond acceptors (Lipinski definition) is 4. The van der Waals surface area contributed by atoms with Crippen LogP contribution in [-0.2, 0) is 6.54 Å². The van der Waals surface area contributed by atoms with E-state index >= 15 is 0 Å². The first-order chi connectivity index (χ1) is 10.2. The molecule has 5 nitrogen and oxygen atoms in total. The lowest BCUT2D eigenvalue weighted by molar-refractivity contribution is 0.0953. The smallest absolute Gasteiger partial charge is 0.261 e. The largest absolute Gasteiger partial charge is 0.344 e. The quantitative estimate of drug-likeness (QED) is 0.805. The third kappa shape index (κ3) is 3.00. The molecule has 21 heavy (non-hydrogen) atoms. The van der Waals surface area contributed by atoms with Gasteiger partial charge in [0, 0.05) is 10.6 Å². The maximum absolute atomic E-state index is 12.0. The maximum Gasteiger partial charge on any atom is 0.261 e. The van der Waals surface area contributed by atoms with Gasteiger partial charge >= 0.3 is 0 Å². The molecule has 1 aromatic carbocycles. The molecule has 2 heterocycles. The van der Waals surface area contributed by atoms with Crippen molar-refractivity contribution in [3.63, 3.8) is 0 Å². The van der Waals surface area contributed by atoms with Gasteiger partial charge in [-0.3, -0.25) is 9.36 Å². The number of para-hydroxylation sites is 1. The number of benzene rings is 1. The highest BCUT2D eigenvalue weighted by atomic mass is 32.1. The van der Waals surface area contributed by atoms with E-state index < -0.39 is 0 Å². The van der Waals surface area contributed by atoms with Crippen molar-refractivity contribution in [3.05, 3.63) is 64.4 Å². The van der Waals surface area contributed by atoms with E-state index in [1.807, 2.05) is 54.0 Å². The van der Waals surface area contributed by atoms with Crippen LogP contribution in [0.4, 0.5) is 0 Å². The third-order valence-electron chi connectivity index (χ3n) is 3.02. The Morgan fingerprint density at radius 1 is 1.24 bits per heavy atom. The average molecular weight is 298 g/mol. The molecular formula is C15H14N4OS. The van der Waals surface area contributed by atoms with Crippen molar-refractivity contribution in [2.75, 3.05) is 0 Å². The highest BCUT2D eigenvalue weighted by Crippen LogP contribution is 2.15. The third-order valence-corrected chi connectivity index (χ3v) is 4.02. The summed E-state index contributed by atoms with van der Waals surface area (Å²) in [5, 5.41) is 10.9. The lowest BCUT2D eigenvalue weighted by atomic mass is 10.3. The van der Waals surface area contributed by atoms with Crippen molar-refractivity contribution in [3.8, 4) is 5.69 Å². The molecule has 2 aromatic heterocycles. The van der Waals surface area contributed by atoms with E-state index in [2.05, 4.69) is 15.5 Å². The minimum absolute atomic E-state index is 0.0873. The first-order valence-electron chi connectivity index (χ1n) is 6.53. The number of aryl methyl sites for hydroxylation is 1. The summed E-state index contributed by atoms with van der Waals surface area (Å²) in [6.07, 6.45) is 1.64. The fourth-order valence-electron chi connectivity index (χ4n) is 1.99. The summed E-state index contributed by atoms with van der Waals surface area (Å²) in [6.45, 7) is 2.32. The van der Waals surface area contributed by atoms with Crippen LogP contribution in [0.2, 0.25) is 0 Å². The van der Waals surface area contributed by atoms with Crippen molar-refractivity contribution >= 4 is 17.2 Å². The molecule has 0 aliphatic carbocycles. The molecule has 1 N–H and O–H groups in total. The Balaban J connectivity index is 1.72. The van der Waals surface area contributed by atoms with Crippen molar-refractivity contribution in [2.45, 2.75) is 13.5 Å². The lowest BCUT2D eigenvalue weighted by Gasteiger charge is -2.07. The molecule has 0 unspecified atom stereocenters. The van der Waals surface area contributed by atoms with Crippen molar-refractivity contribution in [2.24, 2.45) is 0 Å². The monoisotopic (exact) mass is 298 g/mol. The molecule has 6 heteroatoms. The standard InChI is InChI=1S/C15H14N4OS/c1-11-7-8-13(21-11)15(20)16-9-14-18-17-10-19(14)12-5-3-2-4-6-12/h2-8,10H,9H2,1H3,(H,16,20). The van der Waals surface area contributed by atoms with Gasteiger partial charge in [0.2, 0.25) is 0 Å². The van der Waals surface area contributed by atoms with E-state index in [9.17, 15) is 4.79 Å². The fraction of sp³-hybridized carbons (Fsp3) is 0.133. The number of carbonyl (C=O) groups excluding carboxylic acids is 1. The second-order valence-electron chi connectivity index (χ2n) is 4.55. The Morgan fingerprint density at radius 3 is 2.76 bits per heavy atom. The summed E-state index contributed by atoms with van der Waals surface area (Å²) in [4.78, 5) is 13.9. The number of nitrogens with one attached hydrogen (secondary N) is 1. The molecule has 0 radical (unpaired) electrons. The predicted octanol–water partition coefficient (Wildman–Crippen LogP) is 2.57. The van der Waals surface area contributed by atoms with Gasteiger partial charge < -0.3 is 5.32 Å². The SMILES string of the molecule is Cc1ccc(C(=O)NCc2nncn2-c2ccccc2)s1. The Labute approximate surface area is 126 Å². The normalized spacial score (nSPS) is 10.5. The van der Waals surface area contributed by atoms with Crippen LogP contribution in [0.5, 0.6) is 0 Å². The van der Waals surface area contributed by atoms with Gasteiger partial charge in [-0.05, 0) is 31.2 Å². The average Bonchev–Trinajstić information content (AvgIpc) is 3.14. The number of rotatable bonds is 4. The van der Waals surface area contributed by atoms with Gasteiger partial charge in [-0.2, -0.15) is 0 Å². The van der Waals surface area contributed by atoms with Crippen LogP contribution >= 0.6 is 11.3 Å². The Hall–Kier alpha value is -2.47. The molecule has 0 fully saturated rings. The summed E-state index contributed by atoms with van der Waals surface area (Å²) < 4.78 is 1.86. The van der Waals surface area contributed by atoms with Crippen molar-refractivity contribution in [1.82, 2.24) is 20.1 Å². The van der Waals surface area contributed by atoms with Crippen LogP contribution in [-0.4, -0.2) is 20.7 Å². The molecular weight excluding hydrogens is 284 g/mol.